The summed E-state index contributed by atoms with van der Waals surface area (Å²) in [5, 5.41) is 20.6. The molecule has 0 aliphatic rings. The molecule has 3 rings (SSSR count). The molecule has 0 bridgehead atoms. The maximum Gasteiger partial charge on any atom is 0.160 e. The molecule has 5 nitrogen and oxygen atoms in total. The topological polar surface area (TPSA) is 62.5 Å². The first-order valence-corrected chi connectivity index (χ1v) is 6.20. The Labute approximate surface area is 114 Å². The summed E-state index contributed by atoms with van der Waals surface area (Å²) >= 11 is 0. The van der Waals surface area contributed by atoms with Gasteiger partial charge in [-0.3, -0.25) is 4.40 Å². The number of nitrogens with one attached hydrogen (secondary N) is 1. The molecule has 0 aliphatic carbocycles. The second kappa shape index (κ2) is 5.26. The molecule has 6 heteroatoms. The Bertz CT molecular complexity index is 721. The monoisotopic (exact) mass is 272 g/mol. The molecule has 0 fully saturated rings. The second-order valence-electron chi connectivity index (χ2n) is 4.47. The van der Waals surface area contributed by atoms with Gasteiger partial charge >= 0.3 is 0 Å². The van der Waals surface area contributed by atoms with Crippen LogP contribution < -0.4 is 5.32 Å². The molecule has 0 unspecified atom stereocenters. The van der Waals surface area contributed by atoms with Gasteiger partial charge in [0.1, 0.15) is 11.6 Å². The summed E-state index contributed by atoms with van der Waals surface area (Å²) in [6, 6.07) is 9.67. The lowest BCUT2D eigenvalue weighted by Crippen LogP contribution is -2.15. The van der Waals surface area contributed by atoms with Crippen LogP contribution in [0.25, 0.3) is 5.65 Å². The molecule has 2 aromatic heterocycles. The smallest absolute Gasteiger partial charge is 0.160 e. The summed E-state index contributed by atoms with van der Waals surface area (Å²) < 4.78 is 15.0. The number of rotatable bonds is 4. The lowest BCUT2D eigenvalue weighted by Gasteiger charge is -2.05. The largest absolute Gasteiger partial charge is 0.508 e. The fourth-order valence-corrected chi connectivity index (χ4v) is 2.07. The highest BCUT2D eigenvalue weighted by Gasteiger charge is 2.04. The summed E-state index contributed by atoms with van der Waals surface area (Å²) in [6.45, 7) is 0.940. The predicted octanol–water partition coefficient (Wildman–Crippen LogP) is 1.86. The van der Waals surface area contributed by atoms with E-state index < -0.39 is 5.82 Å². The van der Waals surface area contributed by atoms with E-state index in [-0.39, 0.29) is 5.75 Å². The molecule has 0 spiro atoms. The van der Waals surface area contributed by atoms with Gasteiger partial charge < -0.3 is 10.4 Å². The number of hydrogen-bond acceptors (Lipinski definition) is 4. The van der Waals surface area contributed by atoms with Gasteiger partial charge in [-0.2, -0.15) is 0 Å². The Morgan fingerprint density at radius 3 is 2.90 bits per heavy atom. The SMILES string of the molecule is Oc1cc(F)cc(CNCc2nnc3ccccn23)c1. The van der Waals surface area contributed by atoms with E-state index >= 15 is 0 Å². The van der Waals surface area contributed by atoms with Crippen LogP contribution in [0, 0.1) is 5.82 Å². The number of benzene rings is 1. The van der Waals surface area contributed by atoms with Gasteiger partial charge in [0.15, 0.2) is 11.5 Å². The van der Waals surface area contributed by atoms with Gasteiger partial charge in [-0.1, -0.05) is 6.07 Å². The zero-order chi connectivity index (χ0) is 13.9. The van der Waals surface area contributed by atoms with Crippen molar-refractivity contribution in [2.24, 2.45) is 0 Å². The van der Waals surface area contributed by atoms with E-state index in [0.717, 1.165) is 17.5 Å². The molecule has 2 heterocycles. The van der Waals surface area contributed by atoms with E-state index in [1.807, 2.05) is 28.8 Å². The number of halogens is 1. The van der Waals surface area contributed by atoms with Gasteiger partial charge in [0, 0.05) is 18.8 Å². The van der Waals surface area contributed by atoms with Crippen LogP contribution >= 0.6 is 0 Å². The highest BCUT2D eigenvalue weighted by molar-refractivity contribution is 5.37. The molecular weight excluding hydrogens is 259 g/mol. The van der Waals surface area contributed by atoms with Gasteiger partial charge in [-0.15, -0.1) is 10.2 Å². The van der Waals surface area contributed by atoms with E-state index in [1.165, 1.54) is 12.1 Å². The lowest BCUT2D eigenvalue weighted by atomic mass is 10.2. The summed E-state index contributed by atoms with van der Waals surface area (Å²) in [6.07, 6.45) is 1.89. The minimum atomic E-state index is -0.449. The molecule has 1 aromatic carbocycles. The maximum absolute atomic E-state index is 13.1. The number of aromatic hydroxyl groups is 1. The van der Waals surface area contributed by atoms with Crippen LogP contribution in [0.4, 0.5) is 4.39 Å². The van der Waals surface area contributed by atoms with E-state index in [4.69, 9.17) is 0 Å². The van der Waals surface area contributed by atoms with Gasteiger partial charge in [0.05, 0.1) is 6.54 Å². The zero-order valence-electron chi connectivity index (χ0n) is 10.6. The zero-order valence-corrected chi connectivity index (χ0v) is 10.6. The van der Waals surface area contributed by atoms with Crippen molar-refractivity contribution < 1.29 is 9.50 Å². The van der Waals surface area contributed by atoms with Crippen LogP contribution in [0.5, 0.6) is 5.75 Å². The highest BCUT2D eigenvalue weighted by atomic mass is 19.1. The van der Waals surface area contributed by atoms with Crippen LogP contribution in [0.15, 0.2) is 42.6 Å². The first kappa shape index (κ1) is 12.6. The van der Waals surface area contributed by atoms with Crippen LogP contribution in [-0.2, 0) is 13.1 Å². The average Bonchev–Trinajstić information content (AvgIpc) is 2.81. The van der Waals surface area contributed by atoms with E-state index in [1.54, 1.807) is 0 Å². The predicted molar refractivity (Wildman–Crippen MR) is 71.6 cm³/mol. The molecule has 0 saturated heterocycles. The van der Waals surface area contributed by atoms with Crippen molar-refractivity contribution in [2.75, 3.05) is 0 Å². The van der Waals surface area contributed by atoms with Gasteiger partial charge in [0.25, 0.3) is 0 Å². The minimum absolute atomic E-state index is 0.0743. The number of nitrogens with zero attached hydrogens (tertiary/aromatic N) is 3. The number of phenolic OH excluding ortho intramolecular Hbond substituents is 1. The maximum atomic E-state index is 13.1. The Kier molecular flexibility index (Phi) is 3.30. The molecule has 0 radical (unpaired) electrons. The number of fused-ring (bicyclic) bond motifs is 1. The van der Waals surface area contributed by atoms with Crippen LogP contribution in [-0.4, -0.2) is 19.7 Å². The standard InChI is InChI=1S/C14H13FN4O/c15-11-5-10(6-12(20)7-11)8-16-9-14-18-17-13-3-1-2-4-19(13)14/h1-7,16,20H,8-9H2. The number of phenols is 1. The van der Waals surface area contributed by atoms with Crippen molar-refractivity contribution in [1.82, 2.24) is 19.9 Å². The molecule has 0 saturated carbocycles. The first-order valence-electron chi connectivity index (χ1n) is 6.20. The molecule has 102 valence electrons. The summed E-state index contributed by atoms with van der Waals surface area (Å²) in [5.74, 6) is 0.255. The van der Waals surface area contributed by atoms with Gasteiger partial charge in [-0.05, 0) is 29.8 Å². The summed E-state index contributed by atoms with van der Waals surface area (Å²) in [4.78, 5) is 0. The van der Waals surface area contributed by atoms with Gasteiger partial charge in [-0.25, -0.2) is 4.39 Å². The average molecular weight is 272 g/mol. The first-order chi connectivity index (χ1) is 9.72. The van der Waals surface area contributed by atoms with Crippen molar-refractivity contribution in [3.05, 3.63) is 59.8 Å². The number of pyridine rings is 1. The Hall–Kier alpha value is -2.47. The highest BCUT2D eigenvalue weighted by Crippen LogP contribution is 2.14. The molecule has 0 atom stereocenters. The Morgan fingerprint density at radius 1 is 1.15 bits per heavy atom. The number of hydrogen-bond donors (Lipinski definition) is 2. The van der Waals surface area contributed by atoms with Crippen LogP contribution in [0.1, 0.15) is 11.4 Å². The van der Waals surface area contributed by atoms with E-state index in [2.05, 4.69) is 15.5 Å². The van der Waals surface area contributed by atoms with E-state index in [9.17, 15) is 9.50 Å². The lowest BCUT2D eigenvalue weighted by molar-refractivity contribution is 0.467. The third kappa shape index (κ3) is 2.60. The van der Waals surface area contributed by atoms with Crippen LogP contribution in [0.2, 0.25) is 0 Å². The molecule has 20 heavy (non-hydrogen) atoms. The van der Waals surface area contributed by atoms with Crippen molar-refractivity contribution >= 4 is 5.65 Å². The van der Waals surface area contributed by atoms with Crippen molar-refractivity contribution in [3.8, 4) is 5.75 Å². The van der Waals surface area contributed by atoms with Gasteiger partial charge in [0.2, 0.25) is 0 Å². The third-order valence-electron chi connectivity index (χ3n) is 2.94. The van der Waals surface area contributed by atoms with Crippen molar-refractivity contribution in [3.63, 3.8) is 0 Å². The second-order valence-corrected chi connectivity index (χ2v) is 4.47. The molecule has 2 N–H and O–H groups in total. The molecule has 0 aliphatic heterocycles. The Balaban J connectivity index is 1.68. The fourth-order valence-electron chi connectivity index (χ4n) is 2.07. The number of aromatic nitrogens is 3. The summed E-state index contributed by atoms with van der Waals surface area (Å²) in [5.41, 5.74) is 1.46. The minimum Gasteiger partial charge on any atom is -0.508 e. The molecule has 3 aromatic rings. The normalized spacial score (nSPS) is 11.1. The third-order valence-corrected chi connectivity index (χ3v) is 2.94. The molecule has 0 amide bonds. The van der Waals surface area contributed by atoms with Crippen molar-refractivity contribution in [2.45, 2.75) is 13.1 Å². The van der Waals surface area contributed by atoms with E-state index in [0.29, 0.717) is 18.7 Å². The summed E-state index contributed by atoms with van der Waals surface area (Å²) in [7, 11) is 0. The fraction of sp³-hybridized carbons (Fsp3) is 0.143. The Morgan fingerprint density at radius 2 is 2.05 bits per heavy atom. The van der Waals surface area contributed by atoms with Crippen LogP contribution in [0.3, 0.4) is 0 Å². The molecular formula is C14H13FN4O. The quantitative estimate of drug-likeness (QED) is 0.761. The van der Waals surface area contributed by atoms with Crippen molar-refractivity contribution in [1.29, 1.82) is 0 Å².